The molecule has 26 heavy (non-hydrogen) atoms. The third kappa shape index (κ3) is 4.93. The van der Waals surface area contributed by atoms with Crippen molar-refractivity contribution in [3.63, 3.8) is 0 Å². The zero-order valence-corrected chi connectivity index (χ0v) is 16.8. The second kappa shape index (κ2) is 9.50. The Balaban J connectivity index is 2.19. The molecule has 0 aliphatic heterocycles. The Morgan fingerprint density at radius 3 is 2.31 bits per heavy atom. The number of benzene rings is 1. The van der Waals surface area contributed by atoms with Crippen molar-refractivity contribution in [3.8, 4) is 17.2 Å². The van der Waals surface area contributed by atoms with Crippen LogP contribution in [0.3, 0.4) is 0 Å². The number of carbonyl (C=O) groups excluding carboxylic acids is 1. The van der Waals surface area contributed by atoms with Crippen LogP contribution in [0.1, 0.15) is 17.4 Å². The van der Waals surface area contributed by atoms with E-state index >= 15 is 0 Å². The number of nitrogens with zero attached hydrogens (tertiary/aromatic N) is 1. The van der Waals surface area contributed by atoms with Gasteiger partial charge in [-0.15, -0.1) is 11.3 Å². The van der Waals surface area contributed by atoms with E-state index in [9.17, 15) is 4.79 Å². The molecule has 0 saturated heterocycles. The van der Waals surface area contributed by atoms with E-state index in [1.165, 1.54) is 17.4 Å². The maximum absolute atomic E-state index is 12.5. The maximum Gasteiger partial charge on any atom is 0.246 e. The first-order valence-corrected chi connectivity index (χ1v) is 9.23. The molecule has 0 radical (unpaired) electrons. The van der Waals surface area contributed by atoms with Gasteiger partial charge in [0, 0.05) is 29.1 Å². The molecule has 0 spiro atoms. The molecular formula is C19H22ClNO4S. The fourth-order valence-electron chi connectivity index (χ4n) is 2.42. The van der Waals surface area contributed by atoms with Gasteiger partial charge in [0.15, 0.2) is 11.5 Å². The summed E-state index contributed by atoms with van der Waals surface area (Å²) in [6.07, 6.45) is 3.25. The molecule has 140 valence electrons. The molecule has 7 heteroatoms. The predicted octanol–water partition coefficient (Wildman–Crippen LogP) is 4.49. The van der Waals surface area contributed by atoms with Crippen molar-refractivity contribution < 1.29 is 19.0 Å². The number of hydrogen-bond acceptors (Lipinski definition) is 5. The summed E-state index contributed by atoms with van der Waals surface area (Å²) in [5.74, 6) is 1.65. The van der Waals surface area contributed by atoms with E-state index < -0.39 is 0 Å². The van der Waals surface area contributed by atoms with Gasteiger partial charge in [0.05, 0.1) is 32.2 Å². The molecule has 0 unspecified atom stereocenters. The van der Waals surface area contributed by atoms with Crippen LogP contribution in [0.2, 0.25) is 4.34 Å². The van der Waals surface area contributed by atoms with E-state index in [1.807, 2.05) is 19.1 Å². The van der Waals surface area contributed by atoms with Crippen molar-refractivity contribution in [2.24, 2.45) is 0 Å². The summed E-state index contributed by atoms with van der Waals surface area (Å²) in [5.41, 5.74) is 0.730. The monoisotopic (exact) mass is 395 g/mol. The van der Waals surface area contributed by atoms with Crippen LogP contribution >= 0.6 is 22.9 Å². The van der Waals surface area contributed by atoms with Crippen LogP contribution in [0.25, 0.3) is 6.08 Å². The quantitative estimate of drug-likeness (QED) is 0.618. The molecule has 1 heterocycles. The van der Waals surface area contributed by atoms with E-state index in [0.29, 0.717) is 34.7 Å². The minimum Gasteiger partial charge on any atom is -0.496 e. The molecular weight excluding hydrogens is 374 g/mol. The Morgan fingerprint density at radius 1 is 1.12 bits per heavy atom. The van der Waals surface area contributed by atoms with E-state index in [4.69, 9.17) is 25.8 Å². The van der Waals surface area contributed by atoms with Crippen molar-refractivity contribution >= 4 is 34.9 Å². The van der Waals surface area contributed by atoms with Crippen LogP contribution in [0, 0.1) is 0 Å². The molecule has 1 aromatic carbocycles. The van der Waals surface area contributed by atoms with E-state index in [-0.39, 0.29) is 5.91 Å². The van der Waals surface area contributed by atoms with Crippen molar-refractivity contribution in [2.45, 2.75) is 13.5 Å². The van der Waals surface area contributed by atoms with Crippen LogP contribution in [0.4, 0.5) is 0 Å². The molecule has 5 nitrogen and oxygen atoms in total. The third-order valence-corrected chi connectivity index (χ3v) is 5.03. The van der Waals surface area contributed by atoms with Crippen LogP contribution in [-0.2, 0) is 11.3 Å². The van der Waals surface area contributed by atoms with E-state index in [0.717, 1.165) is 10.4 Å². The van der Waals surface area contributed by atoms with Crippen molar-refractivity contribution in [1.29, 1.82) is 0 Å². The number of thiophene rings is 1. The normalized spacial score (nSPS) is 10.8. The number of carbonyl (C=O) groups is 1. The Labute approximate surface area is 162 Å². The van der Waals surface area contributed by atoms with Gasteiger partial charge in [-0.3, -0.25) is 4.79 Å². The second-order valence-corrected chi connectivity index (χ2v) is 7.14. The molecule has 1 amide bonds. The highest BCUT2D eigenvalue weighted by Crippen LogP contribution is 2.35. The Hall–Kier alpha value is -2.18. The number of methoxy groups -OCH3 is 3. The lowest BCUT2D eigenvalue weighted by molar-refractivity contribution is -0.126. The van der Waals surface area contributed by atoms with Crippen LogP contribution in [0.5, 0.6) is 17.2 Å². The second-order valence-electron chi connectivity index (χ2n) is 5.34. The summed E-state index contributed by atoms with van der Waals surface area (Å²) in [7, 11) is 4.69. The van der Waals surface area contributed by atoms with Gasteiger partial charge in [0.1, 0.15) is 5.75 Å². The fourth-order valence-corrected chi connectivity index (χ4v) is 3.52. The number of rotatable bonds is 8. The SMILES string of the molecule is CCN(Cc1ccc(Cl)s1)C(=O)/C=C/c1cc(OC)c(OC)cc1OC. The van der Waals surface area contributed by atoms with E-state index in [1.54, 1.807) is 44.4 Å². The summed E-state index contributed by atoms with van der Waals surface area (Å²) in [4.78, 5) is 15.3. The van der Waals surface area contributed by atoms with Crippen molar-refractivity contribution in [3.05, 3.63) is 45.1 Å². The van der Waals surface area contributed by atoms with Gasteiger partial charge in [-0.25, -0.2) is 0 Å². The van der Waals surface area contributed by atoms with Gasteiger partial charge in [0.25, 0.3) is 0 Å². The lowest BCUT2D eigenvalue weighted by Gasteiger charge is -2.18. The molecule has 0 aliphatic rings. The molecule has 0 atom stereocenters. The topological polar surface area (TPSA) is 48.0 Å². The molecule has 0 saturated carbocycles. The van der Waals surface area contributed by atoms with Crippen LogP contribution < -0.4 is 14.2 Å². The zero-order chi connectivity index (χ0) is 19.1. The minimum absolute atomic E-state index is 0.0890. The summed E-state index contributed by atoms with van der Waals surface area (Å²) < 4.78 is 16.7. The third-order valence-electron chi connectivity index (χ3n) is 3.81. The number of amides is 1. The summed E-state index contributed by atoms with van der Waals surface area (Å²) in [6, 6.07) is 7.28. The minimum atomic E-state index is -0.0890. The first-order chi connectivity index (χ1) is 12.5. The average Bonchev–Trinajstić information content (AvgIpc) is 3.08. The van der Waals surface area contributed by atoms with Crippen LogP contribution in [0.15, 0.2) is 30.3 Å². The fraction of sp³-hybridized carbons (Fsp3) is 0.316. The Bertz CT molecular complexity index is 788. The molecule has 2 aromatic rings. The average molecular weight is 396 g/mol. The standard InChI is InChI=1S/C19H22ClNO4S/c1-5-21(12-14-7-8-18(20)26-14)19(22)9-6-13-10-16(24-3)17(25-4)11-15(13)23-2/h6-11H,5,12H2,1-4H3/b9-6+. The number of ether oxygens (including phenoxy) is 3. The van der Waals surface area contributed by atoms with Gasteiger partial charge >= 0.3 is 0 Å². The van der Waals surface area contributed by atoms with Crippen molar-refractivity contribution in [1.82, 2.24) is 4.90 Å². The Kier molecular flexibility index (Phi) is 7.36. The highest BCUT2D eigenvalue weighted by atomic mass is 35.5. The van der Waals surface area contributed by atoms with Crippen molar-refractivity contribution in [2.75, 3.05) is 27.9 Å². The Morgan fingerprint density at radius 2 is 1.77 bits per heavy atom. The molecule has 0 fully saturated rings. The predicted molar refractivity (Wildman–Crippen MR) is 106 cm³/mol. The molecule has 0 bridgehead atoms. The molecule has 1 aromatic heterocycles. The highest BCUT2D eigenvalue weighted by molar-refractivity contribution is 7.16. The van der Waals surface area contributed by atoms with Gasteiger partial charge in [-0.05, 0) is 31.2 Å². The first kappa shape index (κ1) is 20.1. The number of likely N-dealkylation sites (N-methyl/N-ethyl adjacent to an activating group) is 1. The maximum atomic E-state index is 12.5. The lowest BCUT2D eigenvalue weighted by Crippen LogP contribution is -2.28. The number of hydrogen-bond donors (Lipinski definition) is 0. The highest BCUT2D eigenvalue weighted by Gasteiger charge is 2.13. The first-order valence-electron chi connectivity index (χ1n) is 8.03. The zero-order valence-electron chi connectivity index (χ0n) is 15.2. The van der Waals surface area contributed by atoms with E-state index in [2.05, 4.69) is 0 Å². The smallest absolute Gasteiger partial charge is 0.246 e. The summed E-state index contributed by atoms with van der Waals surface area (Å²) >= 11 is 7.44. The van der Waals surface area contributed by atoms with Gasteiger partial charge in [-0.1, -0.05) is 11.6 Å². The summed E-state index contributed by atoms with van der Waals surface area (Å²) in [5, 5.41) is 0. The summed E-state index contributed by atoms with van der Waals surface area (Å²) in [6.45, 7) is 3.07. The largest absolute Gasteiger partial charge is 0.496 e. The molecule has 0 N–H and O–H groups in total. The number of halogens is 1. The molecule has 2 rings (SSSR count). The lowest BCUT2D eigenvalue weighted by atomic mass is 10.1. The van der Waals surface area contributed by atoms with Gasteiger partial charge < -0.3 is 19.1 Å². The van der Waals surface area contributed by atoms with Gasteiger partial charge in [-0.2, -0.15) is 0 Å². The van der Waals surface area contributed by atoms with Gasteiger partial charge in [0.2, 0.25) is 5.91 Å². The van der Waals surface area contributed by atoms with Crippen LogP contribution in [-0.4, -0.2) is 38.7 Å². The molecule has 0 aliphatic carbocycles.